The number of amides is 1. The minimum Gasteiger partial charge on any atom is -0.497 e. The van der Waals surface area contributed by atoms with E-state index in [0.717, 1.165) is 16.2 Å². The van der Waals surface area contributed by atoms with Gasteiger partial charge in [0.25, 0.3) is 5.91 Å². The van der Waals surface area contributed by atoms with Crippen LogP contribution in [-0.4, -0.2) is 23.2 Å². The Hall–Kier alpha value is -2.93. The van der Waals surface area contributed by atoms with E-state index in [4.69, 9.17) is 9.15 Å². The summed E-state index contributed by atoms with van der Waals surface area (Å²) in [6.45, 7) is 0. The summed E-state index contributed by atoms with van der Waals surface area (Å²) < 4.78 is 10.5. The maximum atomic E-state index is 11.8. The lowest BCUT2D eigenvalue weighted by Crippen LogP contribution is -2.07. The predicted octanol–water partition coefficient (Wildman–Crippen LogP) is 3.46. The second kappa shape index (κ2) is 6.89. The van der Waals surface area contributed by atoms with Crippen LogP contribution in [0.15, 0.2) is 52.3 Å². The lowest BCUT2D eigenvalue weighted by molar-refractivity contribution is -0.112. The van der Waals surface area contributed by atoms with Gasteiger partial charge in [0, 0.05) is 16.5 Å². The van der Waals surface area contributed by atoms with Crippen LogP contribution in [0.1, 0.15) is 4.88 Å². The molecule has 0 aliphatic carbocycles. The second-order valence-corrected chi connectivity index (χ2v) is 5.46. The van der Waals surface area contributed by atoms with Gasteiger partial charge >= 0.3 is 6.01 Å². The fourth-order valence-electron chi connectivity index (χ4n) is 1.81. The van der Waals surface area contributed by atoms with Crippen LogP contribution in [0.4, 0.5) is 6.01 Å². The van der Waals surface area contributed by atoms with Crippen LogP contribution in [0, 0.1) is 0 Å². The van der Waals surface area contributed by atoms with E-state index in [0.29, 0.717) is 5.89 Å². The molecule has 1 amide bonds. The maximum Gasteiger partial charge on any atom is 0.322 e. The van der Waals surface area contributed by atoms with E-state index in [2.05, 4.69) is 15.5 Å². The second-order valence-electron chi connectivity index (χ2n) is 4.48. The Morgan fingerprint density at radius 2 is 2.09 bits per heavy atom. The molecule has 1 N–H and O–H groups in total. The van der Waals surface area contributed by atoms with Gasteiger partial charge in [-0.25, -0.2) is 0 Å². The molecule has 0 aliphatic rings. The number of nitrogens with zero attached hydrogens (tertiary/aromatic N) is 2. The van der Waals surface area contributed by atoms with Crippen molar-refractivity contribution in [1.82, 2.24) is 10.2 Å². The van der Waals surface area contributed by atoms with Crippen LogP contribution in [0.3, 0.4) is 0 Å². The molecular weight excluding hydrogens is 314 g/mol. The number of hydrogen-bond acceptors (Lipinski definition) is 6. The summed E-state index contributed by atoms with van der Waals surface area (Å²) in [4.78, 5) is 12.8. The van der Waals surface area contributed by atoms with Gasteiger partial charge in [-0.05, 0) is 41.8 Å². The zero-order valence-electron chi connectivity index (χ0n) is 12.2. The van der Waals surface area contributed by atoms with Gasteiger partial charge in [0.2, 0.25) is 5.89 Å². The van der Waals surface area contributed by atoms with Crippen molar-refractivity contribution in [3.63, 3.8) is 0 Å². The number of anilines is 1. The number of carbonyl (C=O) groups is 1. The highest BCUT2D eigenvalue weighted by atomic mass is 32.1. The minimum absolute atomic E-state index is 0.0525. The molecule has 0 spiro atoms. The fourth-order valence-corrected chi connectivity index (χ4v) is 2.43. The van der Waals surface area contributed by atoms with Gasteiger partial charge in [0.05, 0.1) is 7.11 Å². The van der Waals surface area contributed by atoms with E-state index in [1.54, 1.807) is 48.8 Å². The highest BCUT2D eigenvalue weighted by Gasteiger charge is 2.10. The highest BCUT2D eigenvalue weighted by molar-refractivity contribution is 7.10. The average molecular weight is 327 g/mol. The highest BCUT2D eigenvalue weighted by Crippen LogP contribution is 2.22. The Bertz CT molecular complexity index is 807. The largest absolute Gasteiger partial charge is 0.497 e. The van der Waals surface area contributed by atoms with Crippen LogP contribution in [-0.2, 0) is 4.79 Å². The van der Waals surface area contributed by atoms with E-state index in [1.165, 1.54) is 6.08 Å². The third kappa shape index (κ3) is 3.83. The smallest absolute Gasteiger partial charge is 0.322 e. The first-order valence-corrected chi connectivity index (χ1v) is 7.63. The zero-order valence-corrected chi connectivity index (χ0v) is 13.0. The van der Waals surface area contributed by atoms with Gasteiger partial charge in [-0.3, -0.25) is 10.1 Å². The number of methoxy groups -OCH3 is 1. The zero-order chi connectivity index (χ0) is 16.1. The van der Waals surface area contributed by atoms with Gasteiger partial charge in [-0.1, -0.05) is 11.2 Å². The molecule has 0 saturated carbocycles. The maximum absolute atomic E-state index is 11.8. The third-order valence-corrected chi connectivity index (χ3v) is 3.77. The first-order chi connectivity index (χ1) is 11.2. The molecule has 7 heteroatoms. The Kier molecular flexibility index (Phi) is 4.49. The molecule has 0 saturated heterocycles. The lowest BCUT2D eigenvalue weighted by atomic mass is 10.2. The molecule has 1 aromatic carbocycles. The van der Waals surface area contributed by atoms with E-state index in [-0.39, 0.29) is 11.9 Å². The summed E-state index contributed by atoms with van der Waals surface area (Å²) in [6, 6.07) is 11.1. The molecule has 0 radical (unpaired) electrons. The number of nitrogens with one attached hydrogen (secondary N) is 1. The summed E-state index contributed by atoms with van der Waals surface area (Å²) in [5.41, 5.74) is 0.743. The third-order valence-electron chi connectivity index (χ3n) is 2.93. The summed E-state index contributed by atoms with van der Waals surface area (Å²) in [6.07, 6.45) is 3.14. The molecule has 0 fully saturated rings. The van der Waals surface area contributed by atoms with Crippen molar-refractivity contribution in [2.24, 2.45) is 0 Å². The number of carbonyl (C=O) groups excluding carboxylic acids is 1. The van der Waals surface area contributed by atoms with Crippen molar-refractivity contribution in [1.29, 1.82) is 0 Å². The van der Waals surface area contributed by atoms with Gasteiger partial charge in [-0.2, -0.15) is 0 Å². The quantitative estimate of drug-likeness (QED) is 0.726. The van der Waals surface area contributed by atoms with Crippen LogP contribution in [0.2, 0.25) is 0 Å². The van der Waals surface area contributed by atoms with Crippen molar-refractivity contribution < 1.29 is 13.9 Å². The molecule has 3 rings (SSSR count). The lowest BCUT2D eigenvalue weighted by Gasteiger charge is -1.99. The molecule has 23 heavy (non-hydrogen) atoms. The number of hydrogen-bond donors (Lipinski definition) is 1. The predicted molar refractivity (Wildman–Crippen MR) is 88.3 cm³/mol. The number of benzene rings is 1. The summed E-state index contributed by atoms with van der Waals surface area (Å²) in [7, 11) is 1.60. The number of aromatic nitrogens is 2. The van der Waals surface area contributed by atoms with Gasteiger partial charge in [-0.15, -0.1) is 16.4 Å². The molecule has 0 bridgehead atoms. The first-order valence-electron chi connectivity index (χ1n) is 6.75. The Balaban J connectivity index is 1.65. The number of ether oxygens (including phenoxy) is 1. The van der Waals surface area contributed by atoms with Crippen LogP contribution >= 0.6 is 11.3 Å². The molecule has 2 aromatic heterocycles. The molecule has 0 aliphatic heterocycles. The monoisotopic (exact) mass is 327 g/mol. The first kappa shape index (κ1) is 15.0. The molecule has 116 valence electrons. The van der Waals surface area contributed by atoms with Crippen molar-refractivity contribution in [2.75, 3.05) is 12.4 Å². The van der Waals surface area contributed by atoms with E-state index in [9.17, 15) is 4.79 Å². The fraction of sp³-hybridized carbons (Fsp3) is 0.0625. The normalized spacial score (nSPS) is 10.8. The standard InChI is InChI=1S/C16H13N3O3S/c1-21-12-6-4-11(5-7-12)15-18-19-16(22-15)17-14(20)9-8-13-3-2-10-23-13/h2-10H,1H3,(H,17,19,20). The van der Waals surface area contributed by atoms with Crippen molar-refractivity contribution in [2.45, 2.75) is 0 Å². The molecule has 6 nitrogen and oxygen atoms in total. The Morgan fingerprint density at radius 1 is 1.26 bits per heavy atom. The van der Waals surface area contributed by atoms with Crippen molar-refractivity contribution in [3.05, 3.63) is 52.7 Å². The summed E-state index contributed by atoms with van der Waals surface area (Å²) in [5, 5.41) is 12.2. The molecule has 0 atom stereocenters. The summed E-state index contributed by atoms with van der Waals surface area (Å²) >= 11 is 1.55. The number of thiophene rings is 1. The molecule has 0 unspecified atom stereocenters. The molecule has 2 heterocycles. The topological polar surface area (TPSA) is 77.3 Å². The van der Waals surface area contributed by atoms with Gasteiger partial charge < -0.3 is 9.15 Å². The minimum atomic E-state index is -0.330. The van der Waals surface area contributed by atoms with Crippen LogP contribution < -0.4 is 10.1 Å². The van der Waals surface area contributed by atoms with Crippen molar-refractivity contribution >= 4 is 29.3 Å². The van der Waals surface area contributed by atoms with E-state index >= 15 is 0 Å². The van der Waals surface area contributed by atoms with Gasteiger partial charge in [0.15, 0.2) is 0 Å². The Labute approximate surface area is 136 Å². The summed E-state index contributed by atoms with van der Waals surface area (Å²) in [5.74, 6) is 0.731. The molecule has 3 aromatic rings. The average Bonchev–Trinajstić information content (AvgIpc) is 3.25. The van der Waals surface area contributed by atoms with E-state index in [1.807, 2.05) is 17.5 Å². The Morgan fingerprint density at radius 3 is 2.78 bits per heavy atom. The number of rotatable bonds is 5. The van der Waals surface area contributed by atoms with Crippen LogP contribution in [0.5, 0.6) is 5.75 Å². The van der Waals surface area contributed by atoms with Crippen molar-refractivity contribution in [3.8, 4) is 17.2 Å². The van der Waals surface area contributed by atoms with Crippen LogP contribution in [0.25, 0.3) is 17.5 Å². The van der Waals surface area contributed by atoms with E-state index < -0.39 is 0 Å². The SMILES string of the molecule is COc1ccc(-c2nnc(NC(=O)C=Cc3cccs3)o2)cc1. The van der Waals surface area contributed by atoms with Gasteiger partial charge in [0.1, 0.15) is 5.75 Å². The molecular formula is C16H13N3O3S.